The van der Waals surface area contributed by atoms with Crippen molar-refractivity contribution in [2.75, 3.05) is 5.73 Å². The summed E-state index contributed by atoms with van der Waals surface area (Å²) in [6.07, 6.45) is 0. The highest BCUT2D eigenvalue weighted by Gasteiger charge is 2.23. The second kappa shape index (κ2) is 5.02. The second-order valence-corrected chi connectivity index (χ2v) is 4.72. The molecule has 0 atom stereocenters. The van der Waals surface area contributed by atoms with Crippen LogP contribution in [-0.4, -0.2) is 5.78 Å². The number of hydrogen-bond acceptors (Lipinski definition) is 2. The van der Waals surface area contributed by atoms with Crippen LogP contribution in [-0.2, 0) is 0 Å². The minimum Gasteiger partial charge on any atom is -0.398 e. The maximum Gasteiger partial charge on any atom is 0.163 e. The number of ketones is 1. The van der Waals surface area contributed by atoms with Gasteiger partial charge < -0.3 is 5.73 Å². The molecule has 0 spiro atoms. The molecule has 0 aromatic heterocycles. The van der Waals surface area contributed by atoms with E-state index in [0.29, 0.717) is 22.4 Å². The Morgan fingerprint density at radius 2 is 1.84 bits per heavy atom. The Balaban J connectivity index is 2.90. The van der Waals surface area contributed by atoms with Crippen molar-refractivity contribution in [2.45, 2.75) is 13.8 Å². The zero-order chi connectivity index (χ0) is 14.2. The van der Waals surface area contributed by atoms with E-state index in [4.69, 9.17) is 17.3 Å². The van der Waals surface area contributed by atoms with Crippen molar-refractivity contribution in [3.8, 4) is 11.1 Å². The maximum atomic E-state index is 14.2. The number of carbonyl (C=O) groups is 1. The summed E-state index contributed by atoms with van der Waals surface area (Å²) < 4.78 is 14.2. The van der Waals surface area contributed by atoms with Gasteiger partial charge in [-0.1, -0.05) is 41.9 Å². The molecule has 2 N–H and O–H groups in total. The number of halogens is 2. The Hall–Kier alpha value is -1.87. The molecule has 2 rings (SSSR count). The highest BCUT2D eigenvalue weighted by molar-refractivity contribution is 6.32. The molecule has 0 aliphatic carbocycles. The molecule has 2 aromatic rings. The predicted molar refractivity (Wildman–Crippen MR) is 76.0 cm³/mol. The number of Topliss-reactive ketones (excluding diaryl/α,β-unsaturated/α-hetero) is 1. The number of hydrogen-bond donors (Lipinski definition) is 1. The molecule has 0 aliphatic rings. The van der Waals surface area contributed by atoms with Crippen molar-refractivity contribution in [1.29, 1.82) is 0 Å². The summed E-state index contributed by atoms with van der Waals surface area (Å²) >= 11 is 5.88. The number of anilines is 1. The molecule has 0 bridgehead atoms. The van der Waals surface area contributed by atoms with Gasteiger partial charge in [-0.2, -0.15) is 0 Å². The van der Waals surface area contributed by atoms with E-state index in [1.165, 1.54) is 6.92 Å². The molecule has 0 saturated heterocycles. The van der Waals surface area contributed by atoms with Crippen molar-refractivity contribution < 1.29 is 9.18 Å². The minimum atomic E-state index is -0.709. The lowest BCUT2D eigenvalue weighted by Crippen LogP contribution is -2.07. The Morgan fingerprint density at radius 1 is 1.26 bits per heavy atom. The highest BCUT2D eigenvalue weighted by atomic mass is 35.5. The zero-order valence-electron chi connectivity index (χ0n) is 10.6. The van der Waals surface area contributed by atoms with E-state index in [0.717, 1.165) is 0 Å². The van der Waals surface area contributed by atoms with E-state index in [9.17, 15) is 9.18 Å². The van der Waals surface area contributed by atoms with Crippen LogP contribution >= 0.6 is 11.6 Å². The fourth-order valence-electron chi connectivity index (χ4n) is 2.06. The van der Waals surface area contributed by atoms with Gasteiger partial charge in [0.2, 0.25) is 0 Å². The topological polar surface area (TPSA) is 43.1 Å². The Bertz CT molecular complexity index is 653. The lowest BCUT2D eigenvalue weighted by atomic mass is 9.93. The number of nitrogens with two attached hydrogens (primary N) is 1. The SMILES string of the molecule is CC(=O)c1c(F)c(Cl)c(C)c(N)c1-c1ccccc1. The quantitative estimate of drug-likeness (QED) is 0.659. The first-order valence-corrected chi connectivity index (χ1v) is 6.16. The molecule has 2 aromatic carbocycles. The van der Waals surface area contributed by atoms with Crippen LogP contribution in [0.5, 0.6) is 0 Å². The van der Waals surface area contributed by atoms with Crippen LogP contribution in [0.25, 0.3) is 11.1 Å². The lowest BCUT2D eigenvalue weighted by Gasteiger charge is -2.16. The maximum absolute atomic E-state index is 14.2. The summed E-state index contributed by atoms with van der Waals surface area (Å²) in [6, 6.07) is 9.02. The van der Waals surface area contributed by atoms with Crippen LogP contribution in [0.1, 0.15) is 22.8 Å². The summed E-state index contributed by atoms with van der Waals surface area (Å²) in [4.78, 5) is 11.7. The van der Waals surface area contributed by atoms with Crippen molar-refractivity contribution in [1.82, 2.24) is 0 Å². The van der Waals surface area contributed by atoms with E-state index in [1.807, 2.05) is 6.07 Å². The van der Waals surface area contributed by atoms with Crippen LogP contribution in [0.4, 0.5) is 10.1 Å². The molecular weight excluding hydrogens is 265 g/mol. The molecule has 2 nitrogen and oxygen atoms in total. The number of carbonyl (C=O) groups excluding carboxylic acids is 1. The second-order valence-electron chi connectivity index (χ2n) is 4.34. The molecule has 4 heteroatoms. The number of benzene rings is 2. The van der Waals surface area contributed by atoms with Gasteiger partial charge in [0.15, 0.2) is 11.6 Å². The van der Waals surface area contributed by atoms with Gasteiger partial charge in [-0.05, 0) is 25.0 Å². The van der Waals surface area contributed by atoms with Crippen molar-refractivity contribution in [3.63, 3.8) is 0 Å². The van der Waals surface area contributed by atoms with Crippen molar-refractivity contribution in [2.24, 2.45) is 0 Å². The third kappa shape index (κ3) is 2.22. The van der Waals surface area contributed by atoms with E-state index in [-0.39, 0.29) is 10.6 Å². The molecule has 0 amide bonds. The largest absolute Gasteiger partial charge is 0.398 e. The molecule has 0 saturated carbocycles. The van der Waals surface area contributed by atoms with Gasteiger partial charge in [-0.25, -0.2) is 4.39 Å². The monoisotopic (exact) mass is 277 g/mol. The molecule has 19 heavy (non-hydrogen) atoms. The average molecular weight is 278 g/mol. The Labute approximate surface area is 116 Å². The summed E-state index contributed by atoms with van der Waals surface area (Å²) in [5, 5.41) is -0.0950. The van der Waals surface area contributed by atoms with Crippen LogP contribution < -0.4 is 5.73 Å². The molecule has 98 valence electrons. The standard InChI is InChI=1S/C15H13ClFNO/c1-8-13(16)14(17)11(9(2)19)12(15(8)18)10-6-4-3-5-7-10/h3-7H,18H2,1-2H3. The molecular formula is C15H13ClFNO. The normalized spacial score (nSPS) is 10.5. The van der Waals surface area contributed by atoms with Gasteiger partial charge in [0, 0.05) is 11.3 Å². The van der Waals surface area contributed by atoms with Gasteiger partial charge in [0.25, 0.3) is 0 Å². The third-order valence-corrected chi connectivity index (χ3v) is 3.53. The molecule has 0 radical (unpaired) electrons. The Kier molecular flexibility index (Phi) is 3.58. The van der Waals surface area contributed by atoms with Crippen LogP contribution in [0.2, 0.25) is 5.02 Å². The van der Waals surface area contributed by atoms with E-state index >= 15 is 0 Å². The molecule has 0 fully saturated rings. The fraction of sp³-hybridized carbons (Fsp3) is 0.133. The first-order chi connectivity index (χ1) is 8.95. The molecule has 0 unspecified atom stereocenters. The average Bonchev–Trinajstić information content (AvgIpc) is 2.40. The third-order valence-electron chi connectivity index (χ3n) is 3.08. The predicted octanol–water partition coefficient (Wildman–Crippen LogP) is 4.24. The summed E-state index contributed by atoms with van der Waals surface area (Å²) in [6.45, 7) is 2.94. The number of nitrogen functional groups attached to an aromatic ring is 1. The van der Waals surface area contributed by atoms with Crippen molar-refractivity contribution >= 4 is 23.1 Å². The van der Waals surface area contributed by atoms with Gasteiger partial charge in [-0.15, -0.1) is 0 Å². The highest BCUT2D eigenvalue weighted by Crippen LogP contribution is 2.38. The zero-order valence-corrected chi connectivity index (χ0v) is 11.4. The van der Waals surface area contributed by atoms with E-state index < -0.39 is 11.6 Å². The smallest absolute Gasteiger partial charge is 0.163 e. The van der Waals surface area contributed by atoms with E-state index in [1.54, 1.807) is 31.2 Å². The van der Waals surface area contributed by atoms with Gasteiger partial charge in [-0.3, -0.25) is 4.79 Å². The summed E-state index contributed by atoms with van der Waals surface area (Å²) in [7, 11) is 0. The van der Waals surface area contributed by atoms with Gasteiger partial charge >= 0.3 is 0 Å². The van der Waals surface area contributed by atoms with Gasteiger partial charge in [0.05, 0.1) is 10.6 Å². The first-order valence-electron chi connectivity index (χ1n) is 5.78. The Morgan fingerprint density at radius 3 is 2.37 bits per heavy atom. The fourth-order valence-corrected chi connectivity index (χ4v) is 2.26. The summed E-state index contributed by atoms with van der Waals surface area (Å²) in [5.41, 5.74) is 7.85. The first kappa shape index (κ1) is 13.6. The van der Waals surface area contributed by atoms with Crippen LogP contribution in [0.3, 0.4) is 0 Å². The van der Waals surface area contributed by atoms with Gasteiger partial charge in [0.1, 0.15) is 0 Å². The minimum absolute atomic E-state index is 0.0562. The molecule has 0 aliphatic heterocycles. The molecule has 0 heterocycles. The van der Waals surface area contributed by atoms with E-state index in [2.05, 4.69) is 0 Å². The summed E-state index contributed by atoms with van der Waals surface area (Å²) in [5.74, 6) is -1.11. The van der Waals surface area contributed by atoms with Crippen LogP contribution in [0.15, 0.2) is 30.3 Å². The van der Waals surface area contributed by atoms with Crippen LogP contribution in [0, 0.1) is 12.7 Å². The number of rotatable bonds is 2. The lowest BCUT2D eigenvalue weighted by molar-refractivity contribution is 0.101. The van der Waals surface area contributed by atoms with Crippen molar-refractivity contribution in [3.05, 3.63) is 52.3 Å².